The molecule has 0 aromatic rings. The summed E-state index contributed by atoms with van der Waals surface area (Å²) in [7, 11) is -2.93. The second kappa shape index (κ2) is 3.96. The zero-order chi connectivity index (χ0) is 14.0. The molecule has 2 aliphatic carbocycles. The maximum absolute atomic E-state index is 12.2. The fourth-order valence-electron chi connectivity index (χ4n) is 4.02. The van der Waals surface area contributed by atoms with Crippen molar-refractivity contribution in [2.24, 2.45) is 23.2 Å². The summed E-state index contributed by atoms with van der Waals surface area (Å²) in [6, 6.07) is 0. The largest absolute Gasteiger partial charge is 0.461 e. The van der Waals surface area contributed by atoms with Crippen molar-refractivity contribution < 1.29 is 17.9 Å². The second-order valence-electron chi connectivity index (χ2n) is 7.03. The molecule has 1 aliphatic heterocycles. The van der Waals surface area contributed by atoms with Crippen molar-refractivity contribution in [1.82, 2.24) is 0 Å². The fourth-order valence-corrected chi connectivity index (χ4v) is 6.62. The first kappa shape index (κ1) is 13.4. The van der Waals surface area contributed by atoms with Gasteiger partial charge < -0.3 is 4.74 Å². The molecule has 3 fully saturated rings. The monoisotopic (exact) mass is 286 g/mol. The van der Waals surface area contributed by atoms with E-state index in [0.717, 1.165) is 12.8 Å². The first-order valence-electron chi connectivity index (χ1n) is 7.19. The van der Waals surface area contributed by atoms with Crippen molar-refractivity contribution in [3.05, 3.63) is 0 Å². The van der Waals surface area contributed by atoms with Crippen molar-refractivity contribution in [3.63, 3.8) is 0 Å². The van der Waals surface area contributed by atoms with E-state index in [0.29, 0.717) is 6.42 Å². The van der Waals surface area contributed by atoms with Crippen molar-refractivity contribution in [3.8, 4) is 0 Å². The van der Waals surface area contributed by atoms with Crippen LogP contribution in [0.4, 0.5) is 0 Å². The summed E-state index contributed by atoms with van der Waals surface area (Å²) < 4.78 is 29.8. The lowest BCUT2D eigenvalue weighted by Gasteiger charge is -2.30. The van der Waals surface area contributed by atoms with Crippen LogP contribution in [0.3, 0.4) is 0 Å². The van der Waals surface area contributed by atoms with E-state index in [1.807, 2.05) is 20.8 Å². The summed E-state index contributed by atoms with van der Waals surface area (Å²) >= 11 is 0. The molecule has 3 rings (SSSR count). The molecule has 19 heavy (non-hydrogen) atoms. The maximum atomic E-state index is 12.2. The van der Waals surface area contributed by atoms with Gasteiger partial charge in [-0.1, -0.05) is 6.92 Å². The highest BCUT2D eigenvalue weighted by atomic mass is 32.2. The smallest absolute Gasteiger partial charge is 0.311 e. The Morgan fingerprint density at radius 1 is 1.26 bits per heavy atom. The number of esters is 1. The van der Waals surface area contributed by atoms with Gasteiger partial charge in [0.25, 0.3) is 0 Å². The van der Waals surface area contributed by atoms with Gasteiger partial charge in [-0.05, 0) is 44.9 Å². The van der Waals surface area contributed by atoms with Gasteiger partial charge in [-0.25, -0.2) is 8.42 Å². The van der Waals surface area contributed by atoms with E-state index in [-0.39, 0.29) is 40.8 Å². The molecule has 2 bridgehead atoms. The van der Waals surface area contributed by atoms with E-state index in [4.69, 9.17) is 4.74 Å². The fraction of sp³-hybridized carbons (Fsp3) is 0.929. The molecule has 0 N–H and O–H groups in total. The molecular formula is C14H22O4S. The van der Waals surface area contributed by atoms with Crippen LogP contribution in [-0.4, -0.2) is 31.5 Å². The summed E-state index contributed by atoms with van der Waals surface area (Å²) in [5, 5.41) is -0.142. The number of ether oxygens (including phenoxy) is 1. The summed E-state index contributed by atoms with van der Waals surface area (Å²) in [5.74, 6) is 0.633. The zero-order valence-electron chi connectivity index (χ0n) is 11.8. The number of carbonyl (C=O) groups is 1. The molecular weight excluding hydrogens is 264 g/mol. The molecule has 1 heterocycles. The van der Waals surface area contributed by atoms with Crippen LogP contribution in [0.1, 0.15) is 40.0 Å². The normalized spacial score (nSPS) is 42.6. The average Bonchev–Trinajstić information content (AvgIpc) is 2.92. The summed E-state index contributed by atoms with van der Waals surface area (Å²) in [6.45, 7) is 5.74. The van der Waals surface area contributed by atoms with Gasteiger partial charge >= 0.3 is 5.97 Å². The van der Waals surface area contributed by atoms with Crippen LogP contribution in [0.25, 0.3) is 0 Å². The van der Waals surface area contributed by atoms with Gasteiger partial charge in [0, 0.05) is 5.92 Å². The highest BCUT2D eigenvalue weighted by molar-refractivity contribution is 7.92. The van der Waals surface area contributed by atoms with E-state index in [2.05, 4.69) is 0 Å². The Morgan fingerprint density at radius 2 is 1.95 bits per heavy atom. The SMILES string of the molecule is CCC(C)(C)C(=O)OC1C2CC3C1CS(=O)(=O)C3C2. The lowest BCUT2D eigenvalue weighted by Crippen LogP contribution is -2.37. The molecule has 5 atom stereocenters. The number of carbonyl (C=O) groups excluding carboxylic acids is 1. The number of rotatable bonds is 3. The van der Waals surface area contributed by atoms with E-state index in [1.165, 1.54) is 0 Å². The molecule has 0 amide bonds. The molecule has 3 aliphatic rings. The first-order valence-corrected chi connectivity index (χ1v) is 8.90. The van der Waals surface area contributed by atoms with Crippen molar-refractivity contribution in [2.75, 3.05) is 5.75 Å². The van der Waals surface area contributed by atoms with Crippen LogP contribution < -0.4 is 0 Å². The van der Waals surface area contributed by atoms with Crippen molar-refractivity contribution >= 4 is 15.8 Å². The molecule has 1 saturated heterocycles. The third-order valence-corrected chi connectivity index (χ3v) is 7.90. The van der Waals surface area contributed by atoms with Gasteiger partial charge in [0.15, 0.2) is 9.84 Å². The highest BCUT2D eigenvalue weighted by Crippen LogP contribution is 2.57. The highest BCUT2D eigenvalue weighted by Gasteiger charge is 2.63. The topological polar surface area (TPSA) is 60.4 Å². The van der Waals surface area contributed by atoms with Crippen molar-refractivity contribution in [2.45, 2.75) is 51.4 Å². The molecule has 0 spiro atoms. The number of sulfone groups is 1. The molecule has 0 aromatic carbocycles. The molecule has 5 unspecified atom stereocenters. The Kier molecular flexibility index (Phi) is 2.80. The Balaban J connectivity index is 1.77. The minimum Gasteiger partial charge on any atom is -0.461 e. The summed E-state index contributed by atoms with van der Waals surface area (Å²) in [5.41, 5.74) is -0.473. The summed E-state index contributed by atoms with van der Waals surface area (Å²) in [4.78, 5) is 12.2. The van der Waals surface area contributed by atoms with Gasteiger partial charge in [0.05, 0.1) is 16.4 Å². The van der Waals surface area contributed by atoms with Crippen LogP contribution in [0.5, 0.6) is 0 Å². The van der Waals surface area contributed by atoms with Gasteiger partial charge in [0.1, 0.15) is 6.10 Å². The zero-order valence-corrected chi connectivity index (χ0v) is 12.6. The number of fused-ring (bicyclic) bond motifs is 1. The van der Waals surface area contributed by atoms with Crippen LogP contribution in [-0.2, 0) is 19.4 Å². The third-order valence-electron chi connectivity index (χ3n) is 5.59. The average molecular weight is 286 g/mol. The Morgan fingerprint density at radius 3 is 2.58 bits per heavy atom. The predicted octanol–water partition coefficient (Wildman–Crippen LogP) is 1.79. The minimum absolute atomic E-state index is 0.0605. The van der Waals surface area contributed by atoms with E-state index in [1.54, 1.807) is 0 Å². The predicted molar refractivity (Wildman–Crippen MR) is 71.2 cm³/mol. The van der Waals surface area contributed by atoms with E-state index >= 15 is 0 Å². The van der Waals surface area contributed by atoms with Crippen molar-refractivity contribution in [1.29, 1.82) is 0 Å². The lowest BCUT2D eigenvalue weighted by molar-refractivity contribution is -0.164. The van der Waals surface area contributed by atoms with Crippen LogP contribution in [0, 0.1) is 23.2 Å². The third kappa shape index (κ3) is 1.84. The molecule has 5 heteroatoms. The second-order valence-corrected chi connectivity index (χ2v) is 9.30. The minimum atomic E-state index is -2.93. The Labute approximate surface area is 114 Å². The quantitative estimate of drug-likeness (QED) is 0.742. The van der Waals surface area contributed by atoms with Gasteiger partial charge in [0.2, 0.25) is 0 Å². The summed E-state index contributed by atoms with van der Waals surface area (Å²) in [6.07, 6.45) is 2.21. The number of hydrogen-bond acceptors (Lipinski definition) is 4. The maximum Gasteiger partial charge on any atom is 0.311 e. The number of hydrogen-bond donors (Lipinski definition) is 0. The van der Waals surface area contributed by atoms with Crippen LogP contribution in [0.15, 0.2) is 0 Å². The Hall–Kier alpha value is -0.580. The molecule has 2 saturated carbocycles. The molecule has 108 valence electrons. The van der Waals surface area contributed by atoms with Crippen LogP contribution in [0.2, 0.25) is 0 Å². The molecule has 4 nitrogen and oxygen atoms in total. The molecule has 0 radical (unpaired) electrons. The van der Waals surface area contributed by atoms with E-state index < -0.39 is 15.3 Å². The Bertz CT molecular complexity index is 508. The van der Waals surface area contributed by atoms with Crippen LogP contribution >= 0.6 is 0 Å². The van der Waals surface area contributed by atoms with Gasteiger partial charge in [-0.3, -0.25) is 4.79 Å². The first-order chi connectivity index (χ1) is 8.76. The lowest BCUT2D eigenvalue weighted by atomic mass is 9.86. The van der Waals surface area contributed by atoms with Gasteiger partial charge in [-0.2, -0.15) is 0 Å². The molecule has 0 aromatic heterocycles. The standard InChI is InChI=1S/C14H22O4S/c1-4-14(2,3)13(15)18-12-8-5-9-10(12)7-19(16,17)11(9)6-8/h8-12H,4-7H2,1-3H3. The van der Waals surface area contributed by atoms with E-state index in [9.17, 15) is 13.2 Å². The van der Waals surface area contributed by atoms with Gasteiger partial charge in [-0.15, -0.1) is 0 Å².